The number of carbonyl (C=O) groups is 1. The highest BCUT2D eigenvalue weighted by Crippen LogP contribution is 2.25. The quantitative estimate of drug-likeness (QED) is 0.754. The van der Waals surface area contributed by atoms with Gasteiger partial charge in [-0.15, -0.1) is 0 Å². The van der Waals surface area contributed by atoms with Crippen molar-refractivity contribution in [3.8, 4) is 5.69 Å². The zero-order valence-electron chi connectivity index (χ0n) is 15.8. The summed E-state index contributed by atoms with van der Waals surface area (Å²) >= 11 is 6.63. The van der Waals surface area contributed by atoms with Crippen LogP contribution in [0.25, 0.3) is 5.69 Å². The topological polar surface area (TPSA) is 50.2 Å². The van der Waals surface area contributed by atoms with Crippen molar-refractivity contribution in [2.24, 2.45) is 0 Å². The number of nitrogens with one attached hydrogen (secondary N) is 1. The predicted octanol–water partition coefficient (Wildman–Crippen LogP) is 3.55. The molecule has 0 atom stereocenters. The van der Waals surface area contributed by atoms with Crippen LogP contribution in [0.3, 0.4) is 0 Å². The lowest BCUT2D eigenvalue weighted by Crippen LogP contribution is -2.28. The van der Waals surface area contributed by atoms with Crippen molar-refractivity contribution >= 4 is 17.5 Å². The highest BCUT2D eigenvalue weighted by molar-refractivity contribution is 6.30. The highest BCUT2D eigenvalue weighted by atomic mass is 35.5. The minimum absolute atomic E-state index is 0.290. The molecule has 2 heterocycles. The van der Waals surface area contributed by atoms with E-state index in [4.69, 9.17) is 11.6 Å². The van der Waals surface area contributed by atoms with Crippen molar-refractivity contribution in [2.75, 3.05) is 19.6 Å². The molecule has 3 rings (SSSR count). The fourth-order valence-corrected chi connectivity index (χ4v) is 3.72. The van der Waals surface area contributed by atoms with Crippen LogP contribution in [0.1, 0.15) is 41.6 Å². The van der Waals surface area contributed by atoms with Crippen LogP contribution in [-0.4, -0.2) is 40.2 Å². The third-order valence-electron chi connectivity index (χ3n) is 4.97. The maximum atomic E-state index is 11.6. The monoisotopic (exact) mass is 374 g/mol. The van der Waals surface area contributed by atoms with Gasteiger partial charge in [-0.2, -0.15) is 5.10 Å². The third kappa shape index (κ3) is 4.10. The Kier molecular flexibility index (Phi) is 5.99. The summed E-state index contributed by atoms with van der Waals surface area (Å²) in [7, 11) is 0. The second kappa shape index (κ2) is 8.23. The molecule has 1 amide bonds. The van der Waals surface area contributed by atoms with Crippen molar-refractivity contribution in [3.63, 3.8) is 0 Å². The van der Waals surface area contributed by atoms with Crippen LogP contribution >= 0.6 is 11.6 Å². The largest absolute Gasteiger partial charge is 0.343 e. The van der Waals surface area contributed by atoms with Crippen molar-refractivity contribution in [2.45, 2.75) is 46.6 Å². The van der Waals surface area contributed by atoms with Gasteiger partial charge in [0.15, 0.2) is 0 Å². The number of hydrogen-bond donors (Lipinski definition) is 1. The first-order chi connectivity index (χ1) is 12.5. The molecule has 1 aliphatic heterocycles. The lowest BCUT2D eigenvalue weighted by Gasteiger charge is -2.15. The number of aromatic nitrogens is 2. The molecule has 26 heavy (non-hydrogen) atoms. The summed E-state index contributed by atoms with van der Waals surface area (Å²) in [5.74, 6) is 0.290. The summed E-state index contributed by atoms with van der Waals surface area (Å²) in [6.07, 6.45) is 2.66. The lowest BCUT2D eigenvalue weighted by atomic mass is 10.1. The van der Waals surface area contributed by atoms with Gasteiger partial charge in [0.2, 0.25) is 5.91 Å². The van der Waals surface area contributed by atoms with Crippen LogP contribution in [0.15, 0.2) is 18.2 Å². The van der Waals surface area contributed by atoms with E-state index in [1.807, 2.05) is 16.5 Å². The highest BCUT2D eigenvalue weighted by Gasteiger charge is 2.19. The van der Waals surface area contributed by atoms with Gasteiger partial charge >= 0.3 is 0 Å². The van der Waals surface area contributed by atoms with Gasteiger partial charge in [-0.25, -0.2) is 4.68 Å². The molecular weight excluding hydrogens is 348 g/mol. The molecule has 0 unspecified atom stereocenters. The maximum Gasteiger partial charge on any atom is 0.222 e. The van der Waals surface area contributed by atoms with Gasteiger partial charge in [0, 0.05) is 31.6 Å². The second-order valence-electron chi connectivity index (χ2n) is 7.07. The average molecular weight is 375 g/mol. The second-order valence-corrected chi connectivity index (χ2v) is 7.43. The molecule has 0 aliphatic carbocycles. The lowest BCUT2D eigenvalue weighted by molar-refractivity contribution is -0.127. The first-order valence-electron chi connectivity index (χ1n) is 9.27. The number of likely N-dealkylation sites (tertiary alicyclic amines) is 1. The number of benzene rings is 1. The smallest absolute Gasteiger partial charge is 0.222 e. The van der Waals surface area contributed by atoms with Crippen LogP contribution in [0.4, 0.5) is 0 Å². The van der Waals surface area contributed by atoms with Gasteiger partial charge in [0.25, 0.3) is 0 Å². The summed E-state index contributed by atoms with van der Waals surface area (Å²) in [6, 6.07) is 6.30. The molecule has 1 saturated heterocycles. The van der Waals surface area contributed by atoms with E-state index in [-0.39, 0.29) is 0 Å². The van der Waals surface area contributed by atoms with E-state index in [1.54, 1.807) is 0 Å². The minimum atomic E-state index is 0.290. The molecule has 0 bridgehead atoms. The van der Waals surface area contributed by atoms with E-state index < -0.39 is 0 Å². The molecule has 6 heteroatoms. The Labute approximate surface area is 160 Å². The Hall–Kier alpha value is -1.85. The van der Waals surface area contributed by atoms with Crippen molar-refractivity contribution in [1.29, 1.82) is 0 Å². The first-order valence-corrected chi connectivity index (χ1v) is 9.65. The Morgan fingerprint density at radius 1 is 1.27 bits per heavy atom. The Bertz CT molecular complexity index is 799. The number of rotatable bonds is 7. The number of nitrogens with zero attached hydrogens (tertiary/aromatic N) is 3. The molecule has 0 saturated carbocycles. The number of amides is 1. The zero-order chi connectivity index (χ0) is 18.7. The minimum Gasteiger partial charge on any atom is -0.343 e. The van der Waals surface area contributed by atoms with E-state index in [1.165, 1.54) is 5.56 Å². The third-order valence-corrected chi connectivity index (χ3v) is 5.36. The molecule has 1 aromatic heterocycles. The number of aryl methyl sites for hydroxylation is 3. The average Bonchev–Trinajstić information content (AvgIpc) is 3.14. The van der Waals surface area contributed by atoms with Gasteiger partial charge in [0.1, 0.15) is 5.15 Å². The normalized spacial score (nSPS) is 14.5. The zero-order valence-corrected chi connectivity index (χ0v) is 16.6. The van der Waals surface area contributed by atoms with Gasteiger partial charge in [-0.1, -0.05) is 23.7 Å². The molecule has 1 aromatic carbocycles. The fraction of sp³-hybridized carbons (Fsp3) is 0.500. The van der Waals surface area contributed by atoms with Crippen LogP contribution in [0.2, 0.25) is 5.15 Å². The molecule has 0 radical (unpaired) electrons. The predicted molar refractivity (Wildman–Crippen MR) is 105 cm³/mol. The summed E-state index contributed by atoms with van der Waals surface area (Å²) in [6.45, 7) is 9.41. The molecule has 0 spiro atoms. The fourth-order valence-electron chi connectivity index (χ4n) is 3.39. The van der Waals surface area contributed by atoms with E-state index >= 15 is 0 Å². The van der Waals surface area contributed by atoms with Crippen LogP contribution < -0.4 is 5.32 Å². The Morgan fingerprint density at radius 3 is 2.81 bits per heavy atom. The summed E-state index contributed by atoms with van der Waals surface area (Å²) < 4.78 is 1.83. The molecule has 140 valence electrons. The number of carbonyl (C=O) groups excluding carboxylic acids is 1. The van der Waals surface area contributed by atoms with Crippen LogP contribution in [0.5, 0.6) is 0 Å². The van der Waals surface area contributed by atoms with Crippen LogP contribution in [0, 0.1) is 20.8 Å². The van der Waals surface area contributed by atoms with Gasteiger partial charge in [-0.05, 0) is 57.4 Å². The van der Waals surface area contributed by atoms with Crippen molar-refractivity contribution < 1.29 is 4.79 Å². The van der Waals surface area contributed by atoms with E-state index in [0.29, 0.717) is 24.0 Å². The summed E-state index contributed by atoms with van der Waals surface area (Å²) in [5, 5.41) is 8.75. The van der Waals surface area contributed by atoms with E-state index in [0.717, 1.165) is 55.0 Å². The molecular formula is C20H27ClN4O. The van der Waals surface area contributed by atoms with Crippen LogP contribution in [-0.2, 0) is 11.3 Å². The molecule has 2 aromatic rings. The van der Waals surface area contributed by atoms with E-state index in [2.05, 4.69) is 42.5 Å². The molecule has 1 fully saturated rings. The summed E-state index contributed by atoms with van der Waals surface area (Å²) in [4.78, 5) is 13.6. The molecule has 5 nitrogen and oxygen atoms in total. The number of halogens is 1. The standard InChI is InChI=1S/C20H27ClN4O/c1-14-7-8-15(2)18(12-14)25-20(21)17(16(3)23-25)13-22-9-5-11-24-10-4-6-19(24)26/h7-8,12,22H,4-6,9-11,13H2,1-3H3. The van der Waals surface area contributed by atoms with Gasteiger partial charge in [0.05, 0.1) is 11.4 Å². The first kappa shape index (κ1) is 18.9. The number of hydrogen-bond acceptors (Lipinski definition) is 3. The molecule has 1 N–H and O–H groups in total. The SMILES string of the molecule is Cc1ccc(C)c(-n2nc(C)c(CNCCCN3CCCC3=O)c2Cl)c1. The summed E-state index contributed by atoms with van der Waals surface area (Å²) in [5.41, 5.74) is 5.33. The molecule has 1 aliphatic rings. The van der Waals surface area contributed by atoms with E-state index in [9.17, 15) is 4.79 Å². The van der Waals surface area contributed by atoms with Crippen molar-refractivity contribution in [1.82, 2.24) is 20.0 Å². The van der Waals surface area contributed by atoms with Gasteiger partial charge < -0.3 is 10.2 Å². The van der Waals surface area contributed by atoms with Gasteiger partial charge in [-0.3, -0.25) is 4.79 Å². The Morgan fingerprint density at radius 2 is 2.08 bits per heavy atom. The van der Waals surface area contributed by atoms with Crippen molar-refractivity contribution in [3.05, 3.63) is 45.7 Å². The Balaban J connectivity index is 1.59. The maximum absolute atomic E-state index is 11.6.